The Labute approximate surface area is 160 Å². The number of nitrogens with two attached hydrogens (primary N) is 1. The van der Waals surface area contributed by atoms with Crippen molar-refractivity contribution in [3.05, 3.63) is 82.4 Å². The fourth-order valence-corrected chi connectivity index (χ4v) is 2.43. The first-order valence-corrected chi connectivity index (χ1v) is 8.93. The molecule has 0 radical (unpaired) electrons. The van der Waals surface area contributed by atoms with E-state index in [-0.39, 0.29) is 0 Å². The number of aliphatic imine (C=N–C) groups is 1. The van der Waals surface area contributed by atoms with E-state index in [1.807, 2.05) is 39.8 Å². The maximum atomic E-state index is 5.73. The lowest BCUT2D eigenvalue weighted by Crippen LogP contribution is -2.02. The van der Waals surface area contributed by atoms with Gasteiger partial charge in [0.15, 0.2) is 0 Å². The minimum Gasteiger partial charge on any atom is -0.399 e. The monoisotopic (exact) mass is 350 g/mol. The van der Waals surface area contributed by atoms with Crippen LogP contribution in [-0.4, -0.2) is 6.72 Å². The largest absolute Gasteiger partial charge is 0.399 e. The molecule has 2 rings (SSSR count). The van der Waals surface area contributed by atoms with Gasteiger partial charge in [0.1, 0.15) is 0 Å². The third-order valence-electron chi connectivity index (χ3n) is 4.22. The molecule has 0 aromatic heterocycles. The highest BCUT2D eigenvalue weighted by Crippen LogP contribution is 2.27. The molecule has 0 heterocycles. The summed E-state index contributed by atoms with van der Waals surface area (Å²) in [6.45, 7) is 25.6. The molecule has 140 valence electrons. The van der Waals surface area contributed by atoms with Crippen molar-refractivity contribution < 1.29 is 0 Å². The molecule has 0 saturated heterocycles. The highest BCUT2D eigenvalue weighted by Gasteiger charge is 2.11. The number of hydrogen-bond acceptors (Lipinski definition) is 2. The van der Waals surface area contributed by atoms with Crippen molar-refractivity contribution >= 4 is 18.1 Å². The van der Waals surface area contributed by atoms with Crippen molar-refractivity contribution in [2.75, 3.05) is 0 Å². The summed E-state index contributed by atoms with van der Waals surface area (Å²) >= 11 is 0. The van der Waals surface area contributed by atoms with Gasteiger partial charge in [-0.05, 0) is 63.6 Å². The van der Waals surface area contributed by atoms with Crippen LogP contribution in [0.5, 0.6) is 0 Å². The Hall–Kier alpha value is -2.61. The second-order valence-corrected chi connectivity index (χ2v) is 6.15. The zero-order valence-electron chi connectivity index (χ0n) is 17.5. The van der Waals surface area contributed by atoms with E-state index in [4.69, 9.17) is 5.73 Å². The van der Waals surface area contributed by atoms with Crippen molar-refractivity contribution in [1.29, 1.82) is 0 Å². The number of rotatable bonds is 3. The fraction of sp³-hybridized carbons (Fsp3) is 0.292. The van der Waals surface area contributed by atoms with E-state index in [9.17, 15) is 0 Å². The lowest BCUT2D eigenvalue weighted by molar-refractivity contribution is 1.28. The average Bonchev–Trinajstić information content (AvgIpc) is 2.62. The van der Waals surface area contributed by atoms with Gasteiger partial charge in [0.2, 0.25) is 0 Å². The Kier molecular flexibility index (Phi) is 9.98. The second kappa shape index (κ2) is 11.1. The van der Waals surface area contributed by atoms with Gasteiger partial charge < -0.3 is 5.73 Å². The van der Waals surface area contributed by atoms with E-state index in [2.05, 4.69) is 63.8 Å². The third-order valence-corrected chi connectivity index (χ3v) is 4.22. The maximum absolute atomic E-state index is 5.73. The van der Waals surface area contributed by atoms with Gasteiger partial charge in [-0.3, -0.25) is 4.99 Å². The zero-order valence-corrected chi connectivity index (χ0v) is 17.5. The molecule has 26 heavy (non-hydrogen) atoms. The summed E-state index contributed by atoms with van der Waals surface area (Å²) in [6, 6.07) is 10.5. The Morgan fingerprint density at radius 1 is 0.846 bits per heavy atom. The lowest BCUT2D eigenvalue weighted by Gasteiger charge is -2.14. The SMILES string of the molecule is C=NC(=C)c1c(C(=C)N)ccc(C)c1C.CC.Cc1ccc(C)c(C)c1. The summed E-state index contributed by atoms with van der Waals surface area (Å²) in [7, 11) is 0. The number of nitrogens with zero attached hydrogens (tertiary/aromatic N) is 1. The van der Waals surface area contributed by atoms with Gasteiger partial charge in [0.25, 0.3) is 0 Å². The molecule has 2 aromatic carbocycles. The van der Waals surface area contributed by atoms with Crippen LogP contribution in [0.2, 0.25) is 0 Å². The number of benzene rings is 2. The van der Waals surface area contributed by atoms with E-state index >= 15 is 0 Å². The molecule has 0 aliphatic carbocycles. The Balaban J connectivity index is 0.000000484. The first kappa shape index (κ1) is 23.4. The molecule has 0 unspecified atom stereocenters. The van der Waals surface area contributed by atoms with Crippen LogP contribution >= 0.6 is 0 Å². The molecule has 2 N–H and O–H groups in total. The predicted molar refractivity (Wildman–Crippen MR) is 120 cm³/mol. The summed E-state index contributed by atoms with van der Waals surface area (Å²) in [4.78, 5) is 3.86. The average molecular weight is 351 g/mol. The summed E-state index contributed by atoms with van der Waals surface area (Å²) in [5, 5.41) is 0. The minimum atomic E-state index is 0.526. The Morgan fingerprint density at radius 2 is 1.38 bits per heavy atom. The molecule has 2 heteroatoms. The lowest BCUT2D eigenvalue weighted by atomic mass is 9.94. The van der Waals surface area contributed by atoms with Gasteiger partial charge in [-0.2, -0.15) is 0 Å². The van der Waals surface area contributed by atoms with Gasteiger partial charge in [-0.25, -0.2) is 0 Å². The summed E-state index contributed by atoms with van der Waals surface area (Å²) < 4.78 is 0. The van der Waals surface area contributed by atoms with Gasteiger partial charge in [-0.15, -0.1) is 0 Å². The molecule has 0 fully saturated rings. The van der Waals surface area contributed by atoms with E-state index in [1.54, 1.807) is 0 Å². The maximum Gasteiger partial charge on any atom is 0.0632 e. The van der Waals surface area contributed by atoms with Gasteiger partial charge in [-0.1, -0.05) is 62.9 Å². The molecule has 0 amide bonds. The molecule has 2 nitrogen and oxygen atoms in total. The Bertz CT molecular complexity index is 783. The van der Waals surface area contributed by atoms with Crippen LogP contribution in [0.15, 0.2) is 48.5 Å². The van der Waals surface area contributed by atoms with E-state index < -0.39 is 0 Å². The van der Waals surface area contributed by atoms with Crippen molar-refractivity contribution in [2.24, 2.45) is 10.7 Å². The van der Waals surface area contributed by atoms with Crippen LogP contribution in [0, 0.1) is 34.6 Å². The molecule has 0 atom stereocenters. The minimum absolute atomic E-state index is 0.526. The molecule has 0 saturated carbocycles. The topological polar surface area (TPSA) is 38.4 Å². The van der Waals surface area contributed by atoms with Crippen LogP contribution in [0.1, 0.15) is 52.8 Å². The normalized spacial score (nSPS) is 9.19. The highest BCUT2D eigenvalue weighted by atomic mass is 14.7. The number of aryl methyl sites for hydroxylation is 4. The van der Waals surface area contributed by atoms with E-state index in [0.717, 1.165) is 16.7 Å². The first-order chi connectivity index (χ1) is 12.2. The highest BCUT2D eigenvalue weighted by molar-refractivity contribution is 5.80. The first-order valence-electron chi connectivity index (χ1n) is 8.93. The van der Waals surface area contributed by atoms with Crippen molar-refractivity contribution in [2.45, 2.75) is 48.5 Å². The van der Waals surface area contributed by atoms with Gasteiger partial charge in [0, 0.05) is 16.8 Å². The van der Waals surface area contributed by atoms with Gasteiger partial charge in [0.05, 0.1) is 5.70 Å². The smallest absolute Gasteiger partial charge is 0.0632 e. The second-order valence-electron chi connectivity index (χ2n) is 6.15. The molecule has 0 aliphatic rings. The molecule has 0 aliphatic heterocycles. The van der Waals surface area contributed by atoms with Crippen molar-refractivity contribution in [1.82, 2.24) is 0 Å². The van der Waals surface area contributed by atoms with Gasteiger partial charge >= 0.3 is 0 Å². The molecular weight excluding hydrogens is 316 g/mol. The molecule has 2 aromatic rings. The summed E-state index contributed by atoms with van der Waals surface area (Å²) in [5.41, 5.74) is 15.1. The number of hydrogen-bond donors (Lipinski definition) is 1. The Morgan fingerprint density at radius 3 is 1.81 bits per heavy atom. The van der Waals surface area contributed by atoms with E-state index in [1.165, 1.54) is 22.3 Å². The fourth-order valence-electron chi connectivity index (χ4n) is 2.43. The predicted octanol–water partition coefficient (Wildman–Crippen LogP) is 6.54. The van der Waals surface area contributed by atoms with Crippen LogP contribution in [0.25, 0.3) is 11.4 Å². The standard InChI is InChI=1S/C13H16N2.C9H12.C2H6/c1-8-6-7-12(10(3)14)13(9(8)2)11(4)15-5;1-7-4-5-8(2)9(3)6-7;1-2/h6-7H,3-5,14H2,1-2H3;4-6H,1-3H3;1-2H3. The van der Waals surface area contributed by atoms with Crippen molar-refractivity contribution in [3.8, 4) is 0 Å². The van der Waals surface area contributed by atoms with Crippen LogP contribution < -0.4 is 5.73 Å². The molecular formula is C24H34N2. The zero-order chi connectivity index (χ0) is 20.4. The van der Waals surface area contributed by atoms with Crippen LogP contribution in [-0.2, 0) is 0 Å². The third kappa shape index (κ3) is 6.36. The van der Waals surface area contributed by atoms with Crippen molar-refractivity contribution in [3.63, 3.8) is 0 Å². The summed E-state index contributed by atoms with van der Waals surface area (Å²) in [6.07, 6.45) is 0. The summed E-state index contributed by atoms with van der Waals surface area (Å²) in [5.74, 6) is 0. The molecule has 0 bridgehead atoms. The van der Waals surface area contributed by atoms with Crippen LogP contribution in [0.3, 0.4) is 0 Å². The molecule has 0 spiro atoms. The van der Waals surface area contributed by atoms with Crippen LogP contribution in [0.4, 0.5) is 0 Å². The van der Waals surface area contributed by atoms with E-state index in [0.29, 0.717) is 11.4 Å². The quantitative estimate of drug-likeness (QED) is 0.627.